The van der Waals surface area contributed by atoms with E-state index in [1.165, 1.54) is 28.6 Å². The molecule has 0 radical (unpaired) electrons. The minimum atomic E-state index is -3.54. The summed E-state index contributed by atoms with van der Waals surface area (Å²) in [6.45, 7) is 2.13. The molecular weight excluding hydrogens is 296 g/mol. The first-order valence-electron chi connectivity index (χ1n) is 6.69. The van der Waals surface area contributed by atoms with E-state index >= 15 is 0 Å². The number of aliphatic hydroxyl groups excluding tert-OH is 1. The molecule has 1 aromatic carbocycles. The molecule has 0 bridgehead atoms. The van der Waals surface area contributed by atoms with Crippen molar-refractivity contribution in [3.05, 3.63) is 39.9 Å². The van der Waals surface area contributed by atoms with Crippen LogP contribution in [0.4, 0.5) is 5.69 Å². The van der Waals surface area contributed by atoms with E-state index in [0.29, 0.717) is 12.1 Å². The lowest BCUT2D eigenvalue weighted by atomic mass is 10.0. The van der Waals surface area contributed by atoms with Crippen LogP contribution in [0.5, 0.6) is 0 Å². The number of aliphatic hydroxyl groups is 1. The first kappa shape index (κ1) is 15.9. The van der Waals surface area contributed by atoms with Crippen LogP contribution in [0.3, 0.4) is 0 Å². The summed E-state index contributed by atoms with van der Waals surface area (Å²) in [5, 5.41) is 19.9. The van der Waals surface area contributed by atoms with Gasteiger partial charge in [-0.1, -0.05) is 19.1 Å². The first-order valence-corrected chi connectivity index (χ1v) is 8.30. The van der Waals surface area contributed by atoms with Gasteiger partial charge in [0.1, 0.15) is 0 Å². The number of hydrogen-bond acceptors (Lipinski definition) is 5. The Balaban J connectivity index is 2.15. The lowest BCUT2D eigenvalue weighted by Crippen LogP contribution is -2.40. The number of nitro benzene ring substituents is 1. The van der Waals surface area contributed by atoms with Gasteiger partial charge in [-0.2, -0.15) is 4.31 Å². The SMILES string of the molecule is CC1CCN(S(=O)(=O)Cc2ccc([N+](=O)[O-])cc2)C1CO. The number of rotatable bonds is 5. The summed E-state index contributed by atoms with van der Waals surface area (Å²) >= 11 is 0. The zero-order valence-electron chi connectivity index (χ0n) is 11.7. The number of nitro groups is 1. The molecule has 0 amide bonds. The third kappa shape index (κ3) is 3.39. The number of sulfonamides is 1. The highest BCUT2D eigenvalue weighted by molar-refractivity contribution is 7.88. The van der Waals surface area contributed by atoms with E-state index in [0.717, 1.165) is 6.42 Å². The lowest BCUT2D eigenvalue weighted by Gasteiger charge is -2.24. The van der Waals surface area contributed by atoms with Gasteiger partial charge in [0.2, 0.25) is 10.0 Å². The maximum absolute atomic E-state index is 12.4. The van der Waals surface area contributed by atoms with Gasteiger partial charge < -0.3 is 5.11 Å². The zero-order chi connectivity index (χ0) is 15.6. The smallest absolute Gasteiger partial charge is 0.269 e. The van der Waals surface area contributed by atoms with Crippen molar-refractivity contribution in [2.45, 2.75) is 25.1 Å². The van der Waals surface area contributed by atoms with Crippen molar-refractivity contribution in [1.82, 2.24) is 4.31 Å². The molecule has 1 aromatic rings. The third-order valence-corrected chi connectivity index (χ3v) is 5.74. The van der Waals surface area contributed by atoms with E-state index < -0.39 is 14.9 Å². The molecule has 1 N–H and O–H groups in total. The Morgan fingerprint density at radius 3 is 2.52 bits per heavy atom. The molecule has 116 valence electrons. The van der Waals surface area contributed by atoms with Gasteiger partial charge in [-0.25, -0.2) is 8.42 Å². The van der Waals surface area contributed by atoms with Crippen molar-refractivity contribution in [2.24, 2.45) is 5.92 Å². The molecule has 2 unspecified atom stereocenters. The zero-order valence-corrected chi connectivity index (χ0v) is 12.5. The van der Waals surface area contributed by atoms with Crippen LogP contribution in [0.15, 0.2) is 24.3 Å². The van der Waals surface area contributed by atoms with Crippen molar-refractivity contribution in [3.63, 3.8) is 0 Å². The van der Waals surface area contributed by atoms with Crippen LogP contribution in [0.2, 0.25) is 0 Å². The van der Waals surface area contributed by atoms with Crippen molar-refractivity contribution in [2.75, 3.05) is 13.2 Å². The summed E-state index contributed by atoms with van der Waals surface area (Å²) in [7, 11) is -3.54. The highest BCUT2D eigenvalue weighted by Crippen LogP contribution is 2.28. The van der Waals surface area contributed by atoms with Crippen molar-refractivity contribution in [1.29, 1.82) is 0 Å². The maximum atomic E-state index is 12.4. The molecule has 1 saturated heterocycles. The van der Waals surface area contributed by atoms with Crippen LogP contribution in [0.1, 0.15) is 18.9 Å². The van der Waals surface area contributed by atoms with Crippen LogP contribution in [0.25, 0.3) is 0 Å². The van der Waals surface area contributed by atoms with Crippen LogP contribution < -0.4 is 0 Å². The molecule has 8 heteroatoms. The highest BCUT2D eigenvalue weighted by Gasteiger charge is 2.38. The van der Waals surface area contributed by atoms with E-state index in [-0.39, 0.29) is 30.0 Å². The molecule has 2 rings (SSSR count). The summed E-state index contributed by atoms with van der Waals surface area (Å²) in [5.41, 5.74) is 0.427. The fraction of sp³-hybridized carbons (Fsp3) is 0.538. The Bertz CT molecular complexity index is 614. The number of hydrogen-bond donors (Lipinski definition) is 1. The molecule has 1 heterocycles. The number of nitrogens with zero attached hydrogens (tertiary/aromatic N) is 2. The third-order valence-electron chi connectivity index (χ3n) is 3.87. The monoisotopic (exact) mass is 314 g/mol. The molecule has 0 aromatic heterocycles. The van der Waals surface area contributed by atoms with E-state index in [1.807, 2.05) is 6.92 Å². The molecular formula is C13H18N2O5S. The second-order valence-corrected chi connectivity index (χ2v) is 7.23. The first-order chi connectivity index (χ1) is 9.85. The highest BCUT2D eigenvalue weighted by atomic mass is 32.2. The molecule has 1 aliphatic rings. The normalized spacial score (nSPS) is 23.3. The minimum absolute atomic E-state index is 0.0702. The van der Waals surface area contributed by atoms with E-state index in [2.05, 4.69) is 0 Å². The Morgan fingerprint density at radius 1 is 1.38 bits per heavy atom. The van der Waals surface area contributed by atoms with Crippen LogP contribution in [0, 0.1) is 16.0 Å². The van der Waals surface area contributed by atoms with Gasteiger partial charge in [0.25, 0.3) is 5.69 Å². The molecule has 1 fully saturated rings. The maximum Gasteiger partial charge on any atom is 0.269 e. The standard InChI is InChI=1S/C13H18N2O5S/c1-10-6-7-14(13(10)8-16)21(19,20)9-11-2-4-12(5-3-11)15(17)18/h2-5,10,13,16H,6-9H2,1H3. The van der Waals surface area contributed by atoms with Crippen molar-refractivity contribution >= 4 is 15.7 Å². The fourth-order valence-corrected chi connectivity index (χ4v) is 4.45. The van der Waals surface area contributed by atoms with Crippen LogP contribution in [-0.2, 0) is 15.8 Å². The summed E-state index contributed by atoms with van der Waals surface area (Å²) in [4.78, 5) is 10.1. The molecule has 0 spiro atoms. The largest absolute Gasteiger partial charge is 0.395 e. The second-order valence-electron chi connectivity index (χ2n) is 5.31. The van der Waals surface area contributed by atoms with Gasteiger partial charge >= 0.3 is 0 Å². The van der Waals surface area contributed by atoms with E-state index in [1.54, 1.807) is 0 Å². The lowest BCUT2D eigenvalue weighted by molar-refractivity contribution is -0.384. The molecule has 0 saturated carbocycles. The van der Waals surface area contributed by atoms with Crippen molar-refractivity contribution < 1.29 is 18.4 Å². The van der Waals surface area contributed by atoms with Crippen LogP contribution >= 0.6 is 0 Å². The topological polar surface area (TPSA) is 101 Å². The van der Waals surface area contributed by atoms with Gasteiger partial charge in [-0.15, -0.1) is 0 Å². The summed E-state index contributed by atoms with van der Waals surface area (Å²) < 4.78 is 26.2. The summed E-state index contributed by atoms with van der Waals surface area (Å²) in [6, 6.07) is 5.10. The van der Waals surface area contributed by atoms with Gasteiger partial charge in [0, 0.05) is 18.7 Å². The predicted molar refractivity (Wildman–Crippen MR) is 77.1 cm³/mol. The minimum Gasteiger partial charge on any atom is -0.395 e. The number of non-ortho nitro benzene ring substituents is 1. The Labute approximate surface area is 123 Å². The average molecular weight is 314 g/mol. The molecule has 2 atom stereocenters. The summed E-state index contributed by atoms with van der Waals surface area (Å²) in [6.07, 6.45) is 0.727. The quantitative estimate of drug-likeness (QED) is 0.648. The molecule has 21 heavy (non-hydrogen) atoms. The summed E-state index contributed by atoms with van der Waals surface area (Å²) in [5.74, 6) is -0.0876. The number of benzene rings is 1. The molecule has 0 aliphatic carbocycles. The van der Waals surface area contributed by atoms with Gasteiger partial charge in [-0.05, 0) is 17.9 Å². The fourth-order valence-electron chi connectivity index (χ4n) is 2.60. The Kier molecular flexibility index (Phi) is 4.60. The van der Waals surface area contributed by atoms with Crippen molar-refractivity contribution in [3.8, 4) is 0 Å². The van der Waals surface area contributed by atoms with E-state index in [9.17, 15) is 23.6 Å². The van der Waals surface area contributed by atoms with Gasteiger partial charge in [-0.3, -0.25) is 10.1 Å². The van der Waals surface area contributed by atoms with Gasteiger partial charge in [0.15, 0.2) is 0 Å². The Hall–Kier alpha value is -1.51. The van der Waals surface area contributed by atoms with Gasteiger partial charge in [0.05, 0.1) is 23.3 Å². The molecule has 7 nitrogen and oxygen atoms in total. The average Bonchev–Trinajstić information content (AvgIpc) is 2.80. The second kappa shape index (κ2) is 6.08. The predicted octanol–water partition coefficient (Wildman–Crippen LogP) is 1.13. The molecule has 1 aliphatic heterocycles. The van der Waals surface area contributed by atoms with Crippen LogP contribution in [-0.4, -0.2) is 41.9 Å². The van der Waals surface area contributed by atoms with E-state index in [4.69, 9.17) is 0 Å². The Morgan fingerprint density at radius 2 is 2.00 bits per heavy atom.